The Labute approximate surface area is 160 Å². The first-order valence-electron chi connectivity index (χ1n) is 9.21. The van der Waals surface area contributed by atoms with Crippen LogP contribution in [-0.2, 0) is 11.2 Å². The number of nitrogens with zero attached hydrogens (tertiary/aromatic N) is 2. The Morgan fingerprint density at radius 3 is 2.70 bits per heavy atom. The molecule has 0 saturated heterocycles. The van der Waals surface area contributed by atoms with Crippen molar-refractivity contribution in [2.24, 2.45) is 0 Å². The van der Waals surface area contributed by atoms with E-state index in [1.54, 1.807) is 0 Å². The summed E-state index contributed by atoms with van der Waals surface area (Å²) in [6.45, 7) is 4.80. The third-order valence-electron chi connectivity index (χ3n) is 4.26. The van der Waals surface area contributed by atoms with Gasteiger partial charge in [0.05, 0.1) is 11.4 Å². The van der Waals surface area contributed by atoms with Crippen LogP contribution in [0.25, 0.3) is 5.69 Å². The second-order valence-corrected chi connectivity index (χ2v) is 6.70. The second-order valence-electron chi connectivity index (χ2n) is 6.70. The fourth-order valence-corrected chi connectivity index (χ4v) is 2.71. The molecule has 0 bridgehead atoms. The van der Waals surface area contributed by atoms with E-state index in [2.05, 4.69) is 30.3 Å². The zero-order chi connectivity index (χ0) is 19.1. The molecule has 0 saturated carbocycles. The fourth-order valence-electron chi connectivity index (χ4n) is 2.71. The number of carbonyl (C=O) groups excluding carboxylic acids is 1. The topological polar surface area (TPSA) is 56.1 Å². The molecule has 0 radical (unpaired) electrons. The van der Waals surface area contributed by atoms with Crippen molar-refractivity contribution >= 4 is 5.91 Å². The molecule has 0 aliphatic carbocycles. The van der Waals surface area contributed by atoms with Gasteiger partial charge >= 0.3 is 0 Å². The maximum Gasteiger partial charge on any atom is 0.257 e. The summed E-state index contributed by atoms with van der Waals surface area (Å²) in [5.41, 5.74) is 3.15. The van der Waals surface area contributed by atoms with Crippen LogP contribution in [0.2, 0.25) is 0 Å². The Balaban J connectivity index is 1.42. The van der Waals surface area contributed by atoms with Crippen LogP contribution in [0.3, 0.4) is 0 Å². The largest absolute Gasteiger partial charge is 0.484 e. The Bertz CT molecular complexity index is 872. The highest BCUT2D eigenvalue weighted by atomic mass is 16.5. The molecule has 3 aromatic rings. The van der Waals surface area contributed by atoms with Gasteiger partial charge in [-0.15, -0.1) is 0 Å². The van der Waals surface area contributed by atoms with Gasteiger partial charge in [0.25, 0.3) is 5.91 Å². The highest BCUT2D eigenvalue weighted by molar-refractivity contribution is 5.77. The molecule has 1 heterocycles. The summed E-state index contributed by atoms with van der Waals surface area (Å²) < 4.78 is 7.43. The van der Waals surface area contributed by atoms with E-state index in [1.165, 1.54) is 5.56 Å². The van der Waals surface area contributed by atoms with Gasteiger partial charge in [0.1, 0.15) is 5.75 Å². The lowest BCUT2D eigenvalue weighted by Gasteiger charge is -2.10. The van der Waals surface area contributed by atoms with Crippen molar-refractivity contribution in [2.45, 2.75) is 26.2 Å². The van der Waals surface area contributed by atoms with E-state index in [1.807, 2.05) is 65.5 Å². The lowest BCUT2D eigenvalue weighted by atomic mass is 10.0. The van der Waals surface area contributed by atoms with Crippen LogP contribution >= 0.6 is 0 Å². The SMILES string of the molecule is CC(C)c1cccc(OCC(=O)NCCc2ccn(-c3ccccc3)n2)c1. The summed E-state index contributed by atoms with van der Waals surface area (Å²) in [7, 11) is 0. The van der Waals surface area contributed by atoms with Crippen LogP contribution in [0.15, 0.2) is 66.9 Å². The zero-order valence-electron chi connectivity index (χ0n) is 15.8. The number of aromatic nitrogens is 2. The van der Waals surface area contributed by atoms with Crippen molar-refractivity contribution in [1.82, 2.24) is 15.1 Å². The summed E-state index contributed by atoms with van der Waals surface area (Å²) in [6.07, 6.45) is 2.60. The molecule has 0 aliphatic rings. The van der Waals surface area contributed by atoms with Gasteiger partial charge in [0, 0.05) is 19.2 Å². The lowest BCUT2D eigenvalue weighted by molar-refractivity contribution is -0.123. The molecule has 0 fully saturated rings. The quantitative estimate of drug-likeness (QED) is 0.663. The number of ether oxygens (including phenoxy) is 1. The number of benzene rings is 2. The van der Waals surface area contributed by atoms with Gasteiger partial charge < -0.3 is 10.1 Å². The van der Waals surface area contributed by atoms with Crippen molar-refractivity contribution < 1.29 is 9.53 Å². The van der Waals surface area contributed by atoms with Gasteiger partial charge in [0.2, 0.25) is 0 Å². The molecular formula is C22H25N3O2. The van der Waals surface area contributed by atoms with E-state index < -0.39 is 0 Å². The number of hydrogen-bond acceptors (Lipinski definition) is 3. The maximum atomic E-state index is 12.0. The van der Waals surface area contributed by atoms with Crippen LogP contribution in [0.5, 0.6) is 5.75 Å². The third-order valence-corrected chi connectivity index (χ3v) is 4.26. The molecule has 1 N–H and O–H groups in total. The smallest absolute Gasteiger partial charge is 0.257 e. The minimum Gasteiger partial charge on any atom is -0.484 e. The van der Waals surface area contributed by atoms with Crippen LogP contribution in [0.4, 0.5) is 0 Å². The van der Waals surface area contributed by atoms with Crippen molar-refractivity contribution in [1.29, 1.82) is 0 Å². The third kappa shape index (κ3) is 5.45. The van der Waals surface area contributed by atoms with Gasteiger partial charge in [-0.3, -0.25) is 4.79 Å². The molecule has 0 unspecified atom stereocenters. The first-order chi connectivity index (χ1) is 13.1. The predicted octanol–water partition coefficient (Wildman–Crippen LogP) is 3.73. The summed E-state index contributed by atoms with van der Waals surface area (Å²) in [4.78, 5) is 12.0. The number of para-hydroxylation sites is 1. The summed E-state index contributed by atoms with van der Waals surface area (Å²) in [5, 5.41) is 7.41. The normalized spacial score (nSPS) is 10.8. The Morgan fingerprint density at radius 1 is 1.11 bits per heavy atom. The van der Waals surface area contributed by atoms with Gasteiger partial charge in [-0.1, -0.05) is 44.2 Å². The molecule has 140 valence electrons. The number of hydrogen-bond donors (Lipinski definition) is 1. The average Bonchev–Trinajstić information content (AvgIpc) is 3.16. The van der Waals surface area contributed by atoms with Crippen molar-refractivity contribution in [3.8, 4) is 11.4 Å². The van der Waals surface area contributed by atoms with Gasteiger partial charge in [-0.2, -0.15) is 5.10 Å². The Hall–Kier alpha value is -3.08. The van der Waals surface area contributed by atoms with E-state index in [4.69, 9.17) is 4.74 Å². The number of nitrogens with one attached hydrogen (secondary N) is 1. The molecule has 0 spiro atoms. The molecular weight excluding hydrogens is 338 g/mol. The van der Waals surface area contributed by atoms with E-state index in [0.29, 0.717) is 18.9 Å². The molecule has 5 nitrogen and oxygen atoms in total. The van der Waals surface area contributed by atoms with Gasteiger partial charge in [-0.25, -0.2) is 4.68 Å². The van der Waals surface area contributed by atoms with Crippen LogP contribution in [0, 0.1) is 0 Å². The summed E-state index contributed by atoms with van der Waals surface area (Å²) in [6, 6.07) is 19.8. The van der Waals surface area contributed by atoms with E-state index in [-0.39, 0.29) is 12.5 Å². The number of carbonyl (C=O) groups is 1. The predicted molar refractivity (Wildman–Crippen MR) is 106 cm³/mol. The van der Waals surface area contributed by atoms with E-state index in [9.17, 15) is 4.79 Å². The minimum absolute atomic E-state index is 0.0139. The zero-order valence-corrected chi connectivity index (χ0v) is 15.8. The molecule has 5 heteroatoms. The minimum atomic E-state index is -0.132. The highest BCUT2D eigenvalue weighted by Crippen LogP contribution is 2.19. The van der Waals surface area contributed by atoms with Crippen molar-refractivity contribution in [2.75, 3.05) is 13.2 Å². The van der Waals surface area contributed by atoms with Crippen molar-refractivity contribution in [3.63, 3.8) is 0 Å². The molecule has 2 aromatic carbocycles. The average molecular weight is 363 g/mol. The molecule has 1 amide bonds. The Morgan fingerprint density at radius 2 is 1.93 bits per heavy atom. The highest BCUT2D eigenvalue weighted by Gasteiger charge is 2.06. The van der Waals surface area contributed by atoms with Gasteiger partial charge in [0.15, 0.2) is 6.61 Å². The Kier molecular flexibility index (Phi) is 6.26. The first-order valence-corrected chi connectivity index (χ1v) is 9.21. The van der Waals surface area contributed by atoms with E-state index in [0.717, 1.165) is 17.1 Å². The van der Waals surface area contributed by atoms with Gasteiger partial charge in [-0.05, 0) is 41.8 Å². The maximum absolute atomic E-state index is 12.0. The lowest BCUT2D eigenvalue weighted by Crippen LogP contribution is -2.30. The summed E-state index contributed by atoms with van der Waals surface area (Å²) in [5.74, 6) is 1.02. The molecule has 3 rings (SSSR count). The molecule has 27 heavy (non-hydrogen) atoms. The fraction of sp³-hybridized carbons (Fsp3) is 0.273. The number of amides is 1. The second kappa shape index (κ2) is 9.03. The van der Waals surface area contributed by atoms with E-state index >= 15 is 0 Å². The summed E-state index contributed by atoms with van der Waals surface area (Å²) >= 11 is 0. The molecule has 1 aromatic heterocycles. The van der Waals surface area contributed by atoms with Crippen LogP contribution < -0.4 is 10.1 Å². The molecule has 0 aliphatic heterocycles. The van der Waals surface area contributed by atoms with Crippen LogP contribution in [0.1, 0.15) is 31.0 Å². The standard InChI is InChI=1S/C22H25N3O2/c1-17(2)18-7-6-10-21(15-18)27-16-22(26)23-13-11-19-12-14-25(24-19)20-8-4-3-5-9-20/h3-10,12,14-15,17H,11,13,16H2,1-2H3,(H,23,26). The van der Waals surface area contributed by atoms with Crippen molar-refractivity contribution in [3.05, 3.63) is 78.1 Å². The molecule has 0 atom stereocenters. The number of rotatable bonds is 8. The van der Waals surface area contributed by atoms with Crippen LogP contribution in [-0.4, -0.2) is 28.8 Å². The monoisotopic (exact) mass is 363 g/mol. The first kappa shape index (κ1) is 18.7.